The summed E-state index contributed by atoms with van der Waals surface area (Å²) in [7, 11) is 0. The Balaban J connectivity index is 3.03. The van der Waals surface area contributed by atoms with Gasteiger partial charge in [0, 0.05) is 5.33 Å². The minimum absolute atomic E-state index is 0.232. The predicted molar refractivity (Wildman–Crippen MR) is 165 cm³/mol. The summed E-state index contributed by atoms with van der Waals surface area (Å²) < 4.78 is 70.6. The Kier molecular flexibility index (Phi) is 39.9. The maximum Gasteiger partial charge on any atom is 0.0703 e. The highest BCUT2D eigenvalue weighted by Crippen LogP contribution is 1.89. The molecule has 0 aromatic rings. The first-order valence-electron chi connectivity index (χ1n) is 15.4. The standard InChI is InChI=1S/C29H59BrO13/c1-29(2)43-28-27-42-26-25-41-24-23-40-22-21-39-20-19-38-18-17-37-16-15-36-14-13-35-12-11-34-10-9-33-8-7-32-6-5-31-4-3-30/h29H,3-28H2,1-2H3. The Morgan fingerprint density at radius 2 is 0.442 bits per heavy atom. The molecular formula is C29H59BrO13. The van der Waals surface area contributed by atoms with E-state index in [0.29, 0.717) is 165 Å². The molecule has 0 saturated heterocycles. The third kappa shape index (κ3) is 42.0. The molecule has 0 aromatic heterocycles. The number of ether oxygens (including phenoxy) is 13. The summed E-state index contributed by atoms with van der Waals surface area (Å²) >= 11 is 3.30. The topological polar surface area (TPSA) is 120 Å². The Labute approximate surface area is 267 Å². The second-order valence-electron chi connectivity index (χ2n) is 8.96. The molecule has 0 aliphatic carbocycles. The van der Waals surface area contributed by atoms with Crippen LogP contribution in [-0.2, 0) is 61.6 Å². The van der Waals surface area contributed by atoms with Gasteiger partial charge < -0.3 is 61.6 Å². The second-order valence-corrected chi connectivity index (χ2v) is 9.75. The smallest absolute Gasteiger partial charge is 0.0703 e. The zero-order valence-electron chi connectivity index (χ0n) is 26.6. The fourth-order valence-electron chi connectivity index (χ4n) is 2.92. The maximum atomic E-state index is 5.48. The number of hydrogen-bond acceptors (Lipinski definition) is 13. The maximum absolute atomic E-state index is 5.48. The van der Waals surface area contributed by atoms with Gasteiger partial charge in [0.15, 0.2) is 0 Å². The van der Waals surface area contributed by atoms with Crippen molar-refractivity contribution < 1.29 is 61.6 Å². The lowest BCUT2D eigenvalue weighted by Gasteiger charge is -2.09. The zero-order valence-corrected chi connectivity index (χ0v) is 28.2. The van der Waals surface area contributed by atoms with Crippen LogP contribution in [0.25, 0.3) is 0 Å². The highest BCUT2D eigenvalue weighted by molar-refractivity contribution is 9.09. The lowest BCUT2D eigenvalue weighted by Crippen LogP contribution is -2.15. The van der Waals surface area contributed by atoms with Gasteiger partial charge in [-0.25, -0.2) is 0 Å². The van der Waals surface area contributed by atoms with Crippen LogP contribution in [0.2, 0.25) is 0 Å². The molecule has 0 amide bonds. The van der Waals surface area contributed by atoms with Crippen LogP contribution in [0.1, 0.15) is 13.8 Å². The van der Waals surface area contributed by atoms with Crippen molar-refractivity contribution in [3.8, 4) is 0 Å². The largest absolute Gasteiger partial charge is 0.378 e. The second kappa shape index (κ2) is 40.0. The highest BCUT2D eigenvalue weighted by Gasteiger charge is 1.97. The molecule has 0 aliphatic heterocycles. The first-order valence-corrected chi connectivity index (χ1v) is 16.5. The lowest BCUT2D eigenvalue weighted by molar-refractivity contribution is -0.0297. The van der Waals surface area contributed by atoms with Gasteiger partial charge in [0.1, 0.15) is 0 Å². The molecule has 0 N–H and O–H groups in total. The SMILES string of the molecule is CC(C)OCCOCCOCCOCCOCCOCCOCCOCCOCCOCCOCCOCCOCCBr. The van der Waals surface area contributed by atoms with Crippen molar-refractivity contribution in [1.29, 1.82) is 0 Å². The van der Waals surface area contributed by atoms with Crippen LogP contribution >= 0.6 is 15.9 Å². The molecule has 260 valence electrons. The van der Waals surface area contributed by atoms with Gasteiger partial charge >= 0.3 is 0 Å². The molecule has 0 saturated carbocycles. The van der Waals surface area contributed by atoms with Crippen molar-refractivity contribution in [3.05, 3.63) is 0 Å². The van der Waals surface area contributed by atoms with Gasteiger partial charge in [0.2, 0.25) is 0 Å². The summed E-state index contributed by atoms with van der Waals surface area (Å²) in [5, 5.41) is 0.838. The molecule has 14 heteroatoms. The summed E-state index contributed by atoms with van der Waals surface area (Å²) in [6.45, 7) is 17.6. The monoisotopic (exact) mass is 694 g/mol. The number of rotatable bonds is 39. The van der Waals surface area contributed by atoms with Crippen molar-refractivity contribution in [1.82, 2.24) is 0 Å². The molecule has 0 atom stereocenters. The van der Waals surface area contributed by atoms with Crippen LogP contribution < -0.4 is 0 Å². The molecule has 13 nitrogen and oxygen atoms in total. The molecule has 0 aromatic carbocycles. The quantitative estimate of drug-likeness (QED) is 0.0690. The van der Waals surface area contributed by atoms with Gasteiger partial charge in [-0.1, -0.05) is 15.9 Å². The Morgan fingerprint density at radius 1 is 0.279 bits per heavy atom. The predicted octanol–water partition coefficient (Wildman–Crippen LogP) is 2.01. The van der Waals surface area contributed by atoms with E-state index in [-0.39, 0.29) is 6.10 Å². The summed E-state index contributed by atoms with van der Waals surface area (Å²) in [5.74, 6) is 0. The van der Waals surface area contributed by atoms with E-state index in [1.165, 1.54) is 0 Å². The van der Waals surface area contributed by atoms with Crippen molar-refractivity contribution in [2.24, 2.45) is 0 Å². The van der Waals surface area contributed by atoms with Crippen LogP contribution in [0, 0.1) is 0 Å². The molecular weight excluding hydrogens is 636 g/mol. The van der Waals surface area contributed by atoms with Crippen molar-refractivity contribution in [3.63, 3.8) is 0 Å². The Bertz CT molecular complexity index is 495. The van der Waals surface area contributed by atoms with E-state index in [1.54, 1.807) is 0 Å². The van der Waals surface area contributed by atoms with Crippen molar-refractivity contribution in [2.75, 3.05) is 171 Å². The lowest BCUT2D eigenvalue weighted by atomic mass is 10.5. The van der Waals surface area contributed by atoms with Crippen LogP contribution in [0.5, 0.6) is 0 Å². The summed E-state index contributed by atoms with van der Waals surface area (Å²) in [5.41, 5.74) is 0. The van der Waals surface area contributed by atoms with Crippen LogP contribution in [-0.4, -0.2) is 177 Å². The minimum Gasteiger partial charge on any atom is -0.378 e. The van der Waals surface area contributed by atoms with E-state index in [2.05, 4.69) is 15.9 Å². The fourth-order valence-corrected chi connectivity index (χ4v) is 3.15. The first-order chi connectivity index (χ1) is 21.3. The highest BCUT2D eigenvalue weighted by atomic mass is 79.9. The van der Waals surface area contributed by atoms with Gasteiger partial charge in [-0.15, -0.1) is 0 Å². The summed E-state index contributed by atoms with van der Waals surface area (Å²) in [4.78, 5) is 0. The average Bonchev–Trinajstić information content (AvgIpc) is 3.00. The van der Waals surface area contributed by atoms with E-state index in [0.717, 1.165) is 5.33 Å². The molecule has 0 spiro atoms. The summed E-state index contributed by atoms with van der Waals surface area (Å²) in [6.07, 6.45) is 0.232. The molecule has 0 aliphatic rings. The van der Waals surface area contributed by atoms with Crippen molar-refractivity contribution in [2.45, 2.75) is 20.0 Å². The van der Waals surface area contributed by atoms with Crippen LogP contribution in [0.3, 0.4) is 0 Å². The number of alkyl halides is 1. The third-order valence-corrected chi connectivity index (χ3v) is 5.32. The van der Waals surface area contributed by atoms with E-state index >= 15 is 0 Å². The molecule has 43 heavy (non-hydrogen) atoms. The van der Waals surface area contributed by atoms with Gasteiger partial charge in [0.05, 0.1) is 171 Å². The fraction of sp³-hybridized carbons (Fsp3) is 1.00. The zero-order chi connectivity index (χ0) is 31.2. The van der Waals surface area contributed by atoms with Gasteiger partial charge in [-0.05, 0) is 13.8 Å². The molecule has 0 radical (unpaired) electrons. The average molecular weight is 696 g/mol. The molecule has 0 bridgehead atoms. The third-order valence-electron chi connectivity index (χ3n) is 4.99. The van der Waals surface area contributed by atoms with E-state index in [4.69, 9.17) is 61.6 Å². The van der Waals surface area contributed by atoms with Gasteiger partial charge in [-0.2, -0.15) is 0 Å². The minimum atomic E-state index is 0.232. The van der Waals surface area contributed by atoms with Gasteiger partial charge in [-0.3, -0.25) is 0 Å². The van der Waals surface area contributed by atoms with E-state index in [1.807, 2.05) is 13.8 Å². The molecule has 0 rings (SSSR count). The molecule has 0 fully saturated rings. The number of halogens is 1. The normalized spacial score (nSPS) is 11.7. The molecule has 0 unspecified atom stereocenters. The molecule has 0 heterocycles. The van der Waals surface area contributed by atoms with Gasteiger partial charge in [0.25, 0.3) is 0 Å². The van der Waals surface area contributed by atoms with E-state index in [9.17, 15) is 0 Å². The first kappa shape index (κ1) is 43.0. The summed E-state index contributed by atoms with van der Waals surface area (Å²) in [6, 6.07) is 0. The van der Waals surface area contributed by atoms with Crippen LogP contribution in [0.4, 0.5) is 0 Å². The Hall–Kier alpha value is -0.0400. The number of hydrogen-bond donors (Lipinski definition) is 0. The Morgan fingerprint density at radius 3 is 0.605 bits per heavy atom. The van der Waals surface area contributed by atoms with Crippen LogP contribution in [0.15, 0.2) is 0 Å². The van der Waals surface area contributed by atoms with E-state index < -0.39 is 0 Å². The van der Waals surface area contributed by atoms with Crippen molar-refractivity contribution >= 4 is 15.9 Å².